The quantitative estimate of drug-likeness (QED) is 0.129. The van der Waals surface area contributed by atoms with E-state index in [1.807, 2.05) is 166 Å². The number of aliphatic hydroxyl groups excluding tert-OH is 1. The van der Waals surface area contributed by atoms with Crippen molar-refractivity contribution in [2.24, 2.45) is 5.92 Å². The van der Waals surface area contributed by atoms with Gasteiger partial charge in [0.2, 0.25) is 0 Å². The third kappa shape index (κ3) is 6.19. The Morgan fingerprint density at radius 3 is 1.94 bits per heavy atom. The second-order valence-electron chi connectivity index (χ2n) is 18.8. The van der Waals surface area contributed by atoms with Gasteiger partial charge in [0.15, 0.2) is 13.9 Å². The van der Waals surface area contributed by atoms with Crippen LogP contribution < -0.4 is 14.7 Å². The molecular weight excluding hydrogens is 857 g/mol. The number of aromatic nitrogens is 3. The van der Waals surface area contributed by atoms with Crippen LogP contribution in [0.1, 0.15) is 62.5 Å². The van der Waals surface area contributed by atoms with Gasteiger partial charge in [0, 0.05) is 45.7 Å². The molecule has 13 heteroatoms. The lowest BCUT2D eigenvalue weighted by atomic mass is 9.82. The predicted octanol–water partition coefficient (Wildman–Crippen LogP) is 9.68. The maximum atomic E-state index is 15.6. The number of ether oxygens (including phenoxy) is 1. The number of aryl methyl sites for hydroxylation is 1. The number of fused-ring (bicyclic) bond motifs is 2. The van der Waals surface area contributed by atoms with Crippen molar-refractivity contribution in [1.82, 2.24) is 15.0 Å². The molecule has 1 saturated heterocycles. The summed E-state index contributed by atoms with van der Waals surface area (Å²) in [6.45, 7) is 6.38. The first-order valence-electron chi connectivity index (χ1n) is 22.7. The van der Waals surface area contributed by atoms with Gasteiger partial charge >= 0.3 is 0 Å². The fraction of sp³-hybridized carbons (Fsp3) is 0.204. The summed E-state index contributed by atoms with van der Waals surface area (Å²) in [5, 5.41) is 23.5. The van der Waals surface area contributed by atoms with Crippen molar-refractivity contribution >= 4 is 76.0 Å². The zero-order valence-corrected chi connectivity index (χ0v) is 38.1. The lowest BCUT2D eigenvalue weighted by molar-refractivity contribution is -0.146. The number of aliphatic hydroxyl groups is 1. The molecule has 0 aliphatic carbocycles. The molecule has 67 heavy (non-hydrogen) atoms. The highest BCUT2D eigenvalue weighted by atomic mass is 28.4. The Labute approximate surface area is 387 Å². The molecule has 8 aromatic rings. The zero-order valence-electron chi connectivity index (χ0n) is 37.1. The highest BCUT2D eigenvalue weighted by molar-refractivity contribution is 6.71. The van der Waals surface area contributed by atoms with Crippen molar-refractivity contribution in [2.45, 2.75) is 62.9 Å². The van der Waals surface area contributed by atoms with Gasteiger partial charge < -0.3 is 19.5 Å². The number of nitrogens with zero attached hydrogens (tertiary/aromatic N) is 6. The van der Waals surface area contributed by atoms with Crippen molar-refractivity contribution in [1.29, 1.82) is 0 Å². The third-order valence-electron chi connectivity index (χ3n) is 14.5. The van der Waals surface area contributed by atoms with Crippen LogP contribution in [0.5, 0.6) is 0 Å². The van der Waals surface area contributed by atoms with E-state index < -0.39 is 32.0 Å². The molecule has 4 aliphatic heterocycles. The lowest BCUT2D eigenvalue weighted by Gasteiger charge is -2.32. The Morgan fingerprint density at radius 1 is 0.716 bits per heavy atom. The Kier molecular flexibility index (Phi) is 9.29. The van der Waals surface area contributed by atoms with Crippen LogP contribution in [0, 0.1) is 5.92 Å². The van der Waals surface area contributed by atoms with E-state index in [1.165, 1.54) is 0 Å². The summed E-state index contributed by atoms with van der Waals surface area (Å²) >= 11 is 0. The van der Waals surface area contributed by atoms with Crippen LogP contribution in [-0.4, -0.2) is 57.0 Å². The number of rotatable bonds is 10. The summed E-state index contributed by atoms with van der Waals surface area (Å²) in [5.41, 5.74) is 5.63. The number of amides is 3. The molecule has 0 unspecified atom stereocenters. The highest BCUT2D eigenvalue weighted by Crippen LogP contribution is 2.61. The van der Waals surface area contributed by atoms with Crippen molar-refractivity contribution in [3.63, 3.8) is 0 Å². The average Bonchev–Trinajstić information content (AvgIpc) is 4.13. The number of benzene rings is 7. The molecule has 1 aromatic heterocycles. The van der Waals surface area contributed by atoms with E-state index in [9.17, 15) is 19.5 Å². The topological polar surface area (TPSA) is 141 Å². The minimum Gasteiger partial charge on any atom is -0.432 e. The van der Waals surface area contributed by atoms with Gasteiger partial charge in [0.05, 0.1) is 47.0 Å². The molecule has 0 saturated carbocycles. The Hall–Kier alpha value is -7.29. The SMILES string of the molecule is C[C@H]1[C@H]([Si](C)(C)O)[C@@H](CCn2cc([C@H](O)c3ccccc3)nn2)O[C@]12C(=O)N(Cc1ccc(N3C(=O)c4cccc5cccc3c45)cc1)c1ccc(N3C(=O)c4cccc5cccc3c45)cc12. The highest BCUT2D eigenvalue weighted by Gasteiger charge is 2.66. The van der Waals surface area contributed by atoms with Crippen LogP contribution in [0.2, 0.25) is 18.6 Å². The van der Waals surface area contributed by atoms with E-state index in [4.69, 9.17) is 4.74 Å². The zero-order chi connectivity index (χ0) is 45.9. The molecule has 12 nitrogen and oxygen atoms in total. The van der Waals surface area contributed by atoms with Gasteiger partial charge in [-0.2, -0.15) is 0 Å². The third-order valence-corrected chi connectivity index (χ3v) is 17.0. The van der Waals surface area contributed by atoms with Gasteiger partial charge in [-0.15, -0.1) is 5.10 Å². The molecule has 332 valence electrons. The molecule has 0 radical (unpaired) electrons. The molecule has 5 heterocycles. The molecule has 1 fully saturated rings. The van der Waals surface area contributed by atoms with Crippen molar-refractivity contribution in [2.75, 3.05) is 14.7 Å². The summed E-state index contributed by atoms with van der Waals surface area (Å²) < 4.78 is 8.93. The van der Waals surface area contributed by atoms with E-state index in [2.05, 4.69) is 10.3 Å². The molecule has 7 aromatic carbocycles. The summed E-state index contributed by atoms with van der Waals surface area (Å²) in [6, 6.07) is 46.2. The van der Waals surface area contributed by atoms with Gasteiger partial charge in [-0.05, 0) is 96.0 Å². The Bertz CT molecular complexity index is 3340. The van der Waals surface area contributed by atoms with Gasteiger partial charge in [-0.3, -0.25) is 28.9 Å². The van der Waals surface area contributed by atoms with Crippen LogP contribution in [0.4, 0.5) is 28.4 Å². The second kappa shape index (κ2) is 15.1. The van der Waals surface area contributed by atoms with Crippen LogP contribution in [0.3, 0.4) is 0 Å². The minimum atomic E-state index is -3.05. The summed E-state index contributed by atoms with van der Waals surface area (Å²) in [6.07, 6.45) is 0.642. The van der Waals surface area contributed by atoms with Crippen molar-refractivity contribution < 1.29 is 29.0 Å². The molecule has 2 N–H and O–H groups in total. The van der Waals surface area contributed by atoms with E-state index in [1.54, 1.807) is 25.6 Å². The van der Waals surface area contributed by atoms with Crippen LogP contribution in [-0.2, 0) is 28.2 Å². The van der Waals surface area contributed by atoms with E-state index in [0.717, 1.165) is 44.2 Å². The van der Waals surface area contributed by atoms with Gasteiger partial charge in [0.1, 0.15) is 11.8 Å². The molecule has 0 bridgehead atoms. The summed E-state index contributed by atoms with van der Waals surface area (Å²) in [7, 11) is -3.05. The standard InChI is InChI=1S/C54H46N6O6Si/c1-32-50(67(2,3)65)46(27-28-57-31-42(55-56-57)49(61)36-11-5-4-6-12-36)66-54(32)41-29-38(60-45-20-10-16-35-14-8-18-40(48(35)45)52(60)63)25-26-43(41)58(53(54)64)30-33-21-23-37(24-22-33)59-44-19-9-15-34-13-7-17-39(47(34)44)51(59)62/h4-26,29,31-32,46,49-50,61,65H,27-28,30H2,1-3H3/t32-,46+,49+,50-,54+/m0/s1. The molecule has 5 atom stereocenters. The summed E-state index contributed by atoms with van der Waals surface area (Å²) in [5.74, 6) is -0.948. The van der Waals surface area contributed by atoms with Crippen LogP contribution >= 0.6 is 0 Å². The Balaban J connectivity index is 0.906. The largest absolute Gasteiger partial charge is 0.432 e. The number of hydrogen-bond donors (Lipinski definition) is 2. The van der Waals surface area contributed by atoms with Crippen LogP contribution in [0.25, 0.3) is 21.5 Å². The molecular formula is C54H46N6O6Si. The summed E-state index contributed by atoms with van der Waals surface area (Å²) in [4.78, 5) is 61.1. The van der Waals surface area contributed by atoms with Crippen molar-refractivity contribution in [3.8, 4) is 0 Å². The normalized spacial score (nSPS) is 21.2. The lowest BCUT2D eigenvalue weighted by Crippen LogP contribution is -2.46. The first kappa shape index (κ1) is 41.2. The molecule has 3 amide bonds. The second-order valence-corrected chi connectivity index (χ2v) is 22.7. The first-order chi connectivity index (χ1) is 32.4. The maximum Gasteiger partial charge on any atom is 0.264 e. The van der Waals surface area contributed by atoms with Crippen LogP contribution in [0.15, 0.2) is 152 Å². The molecule has 4 aliphatic rings. The fourth-order valence-corrected chi connectivity index (χ4v) is 14.1. The smallest absolute Gasteiger partial charge is 0.264 e. The number of anilines is 5. The number of carbonyl (C=O) groups excluding carboxylic acids is 3. The fourth-order valence-electron chi connectivity index (χ4n) is 11.5. The van der Waals surface area contributed by atoms with E-state index in [0.29, 0.717) is 52.3 Å². The maximum absolute atomic E-state index is 15.6. The van der Waals surface area contributed by atoms with Gasteiger partial charge in [-0.25, -0.2) is 0 Å². The van der Waals surface area contributed by atoms with Gasteiger partial charge in [-0.1, -0.05) is 103 Å². The average molecular weight is 903 g/mol. The van der Waals surface area contributed by atoms with E-state index >= 15 is 4.79 Å². The predicted molar refractivity (Wildman–Crippen MR) is 259 cm³/mol. The van der Waals surface area contributed by atoms with Crippen molar-refractivity contribution in [3.05, 3.63) is 185 Å². The Morgan fingerprint density at radius 2 is 1.31 bits per heavy atom. The number of carbonyl (C=O) groups is 3. The van der Waals surface area contributed by atoms with Gasteiger partial charge in [0.25, 0.3) is 17.7 Å². The molecule has 12 rings (SSSR count). The first-order valence-corrected chi connectivity index (χ1v) is 25.8. The minimum absolute atomic E-state index is 0.0855. The van der Waals surface area contributed by atoms with E-state index in [-0.39, 0.29) is 29.8 Å². The monoisotopic (exact) mass is 902 g/mol. The molecule has 1 spiro atoms. The number of hydrogen-bond acceptors (Lipinski definition) is 8.